The third kappa shape index (κ3) is 1.85. The van der Waals surface area contributed by atoms with Crippen LogP contribution >= 0.6 is 33.9 Å². The van der Waals surface area contributed by atoms with Gasteiger partial charge in [-0.2, -0.15) is 4.57 Å². The van der Waals surface area contributed by atoms with E-state index in [9.17, 15) is 0 Å². The number of rotatable bonds is 2. The molecular weight excluding hydrogens is 341 g/mol. The van der Waals surface area contributed by atoms with Crippen molar-refractivity contribution in [2.24, 2.45) is 0 Å². The molecule has 0 fully saturated rings. The number of hydrogen-bond acceptors (Lipinski definition) is 1. The molecule has 0 radical (unpaired) electrons. The van der Waals surface area contributed by atoms with Gasteiger partial charge in [0.2, 0.25) is 15.1 Å². The molecule has 0 aliphatic carbocycles. The van der Waals surface area contributed by atoms with Gasteiger partial charge in [0.15, 0.2) is 0 Å². The van der Waals surface area contributed by atoms with Crippen molar-refractivity contribution < 1.29 is 4.57 Å². The molecule has 1 aromatic heterocycles. The predicted octanol–water partition coefficient (Wildman–Crippen LogP) is 4.69. The SMILES string of the molecule is CCC(I)[n+]1csc2c3ccccc3ccc21. The van der Waals surface area contributed by atoms with Crippen LogP contribution in [0.2, 0.25) is 0 Å². The highest BCUT2D eigenvalue weighted by atomic mass is 127. The Balaban J connectivity index is 2.35. The fourth-order valence-electron chi connectivity index (χ4n) is 2.14. The largest absolute Gasteiger partial charge is 0.226 e. The van der Waals surface area contributed by atoms with Crippen molar-refractivity contribution in [3.8, 4) is 0 Å². The first-order valence-electron chi connectivity index (χ1n) is 5.75. The number of alkyl halides is 1. The summed E-state index contributed by atoms with van der Waals surface area (Å²) < 4.78 is 4.33. The normalized spacial score (nSPS) is 13.3. The Labute approximate surface area is 118 Å². The van der Waals surface area contributed by atoms with Crippen molar-refractivity contribution in [2.75, 3.05) is 0 Å². The van der Waals surface area contributed by atoms with Crippen LogP contribution in [0.4, 0.5) is 0 Å². The predicted molar refractivity (Wildman–Crippen MR) is 82.9 cm³/mol. The van der Waals surface area contributed by atoms with Crippen molar-refractivity contribution in [2.45, 2.75) is 17.4 Å². The van der Waals surface area contributed by atoms with Gasteiger partial charge in [0.1, 0.15) is 4.70 Å². The van der Waals surface area contributed by atoms with Crippen LogP contribution in [0.1, 0.15) is 17.4 Å². The Morgan fingerprint density at radius 3 is 2.88 bits per heavy atom. The van der Waals surface area contributed by atoms with Gasteiger partial charge < -0.3 is 0 Å². The minimum Gasteiger partial charge on any atom is -0.176 e. The zero-order valence-corrected chi connectivity index (χ0v) is 12.5. The van der Waals surface area contributed by atoms with Crippen molar-refractivity contribution in [3.63, 3.8) is 0 Å². The molecule has 2 aromatic carbocycles. The summed E-state index contributed by atoms with van der Waals surface area (Å²) in [6.07, 6.45) is 1.16. The van der Waals surface area contributed by atoms with Gasteiger partial charge in [0, 0.05) is 17.9 Å². The van der Waals surface area contributed by atoms with Crippen LogP contribution in [0, 0.1) is 0 Å². The van der Waals surface area contributed by atoms with Crippen LogP contribution < -0.4 is 4.57 Å². The van der Waals surface area contributed by atoms with Crippen LogP contribution in [0.15, 0.2) is 41.9 Å². The van der Waals surface area contributed by atoms with Gasteiger partial charge in [-0.15, -0.1) is 0 Å². The molecule has 1 nitrogen and oxygen atoms in total. The van der Waals surface area contributed by atoms with Crippen LogP contribution in [-0.4, -0.2) is 0 Å². The molecule has 0 aliphatic rings. The van der Waals surface area contributed by atoms with Crippen LogP contribution in [0.25, 0.3) is 21.0 Å². The number of nitrogens with zero attached hydrogens (tertiary/aromatic N) is 1. The van der Waals surface area contributed by atoms with E-state index in [0.717, 1.165) is 6.42 Å². The molecule has 3 rings (SSSR count). The average Bonchev–Trinajstić information content (AvgIpc) is 2.82. The van der Waals surface area contributed by atoms with E-state index < -0.39 is 0 Å². The monoisotopic (exact) mass is 354 g/mol. The molecule has 0 bridgehead atoms. The second kappa shape index (κ2) is 4.53. The van der Waals surface area contributed by atoms with Gasteiger partial charge in [0.25, 0.3) is 0 Å². The van der Waals surface area contributed by atoms with Gasteiger partial charge in [0.05, 0.1) is 0 Å². The minimum atomic E-state index is 0.544. The highest BCUT2D eigenvalue weighted by Crippen LogP contribution is 2.29. The average molecular weight is 354 g/mol. The Hall–Kier alpha value is -0.680. The maximum absolute atomic E-state index is 2.51. The Morgan fingerprint density at radius 2 is 2.06 bits per heavy atom. The van der Waals surface area contributed by atoms with Crippen molar-refractivity contribution >= 4 is 54.9 Å². The molecule has 3 aromatic rings. The molecule has 3 heteroatoms. The molecule has 0 aliphatic heterocycles. The Bertz CT molecular complexity index is 674. The molecular formula is C14H13INS+. The van der Waals surface area contributed by atoms with Gasteiger partial charge in [-0.05, 0) is 34.0 Å². The summed E-state index contributed by atoms with van der Waals surface area (Å²) in [5, 5.41) is 2.70. The first-order valence-corrected chi connectivity index (χ1v) is 7.88. The van der Waals surface area contributed by atoms with Crippen LogP contribution in [0.3, 0.4) is 0 Å². The standard InChI is InChI=1S/C14H13INS/c1-2-13(15)16-9-17-14-11-6-4-3-5-10(11)7-8-12(14)16/h3-9,13H,2H2,1H3/q+1. The summed E-state index contributed by atoms with van der Waals surface area (Å²) in [4.78, 5) is 0. The highest BCUT2D eigenvalue weighted by molar-refractivity contribution is 14.1. The zero-order valence-electron chi connectivity index (χ0n) is 9.56. The van der Waals surface area contributed by atoms with Crippen molar-refractivity contribution in [3.05, 3.63) is 41.9 Å². The number of thiazole rings is 1. The van der Waals surface area contributed by atoms with Gasteiger partial charge in [-0.1, -0.05) is 42.5 Å². The van der Waals surface area contributed by atoms with Crippen LogP contribution in [-0.2, 0) is 0 Å². The summed E-state index contributed by atoms with van der Waals surface area (Å²) in [5.41, 5.74) is 3.60. The number of benzene rings is 2. The van der Waals surface area contributed by atoms with E-state index in [2.05, 4.69) is 76.0 Å². The van der Waals surface area contributed by atoms with Crippen LogP contribution in [0.5, 0.6) is 0 Å². The molecule has 0 N–H and O–H groups in total. The lowest BCUT2D eigenvalue weighted by Crippen LogP contribution is -2.33. The van der Waals surface area contributed by atoms with Gasteiger partial charge in [-0.3, -0.25) is 0 Å². The van der Waals surface area contributed by atoms with E-state index in [0.29, 0.717) is 4.05 Å². The van der Waals surface area contributed by atoms with E-state index in [1.165, 1.54) is 21.0 Å². The summed E-state index contributed by atoms with van der Waals surface area (Å²) in [6, 6.07) is 13.1. The Kier molecular flexibility index (Phi) is 3.04. The topological polar surface area (TPSA) is 3.88 Å². The van der Waals surface area contributed by atoms with E-state index in [4.69, 9.17) is 0 Å². The smallest absolute Gasteiger partial charge is 0.176 e. The minimum absolute atomic E-state index is 0.544. The molecule has 0 saturated heterocycles. The second-order valence-electron chi connectivity index (χ2n) is 4.11. The zero-order chi connectivity index (χ0) is 11.8. The Morgan fingerprint density at radius 1 is 1.24 bits per heavy atom. The van der Waals surface area contributed by atoms with E-state index >= 15 is 0 Å². The molecule has 17 heavy (non-hydrogen) atoms. The second-order valence-corrected chi connectivity index (χ2v) is 6.40. The third-order valence-corrected chi connectivity index (χ3v) is 5.54. The fraction of sp³-hybridized carbons (Fsp3) is 0.214. The summed E-state index contributed by atoms with van der Waals surface area (Å²) in [6.45, 7) is 2.23. The van der Waals surface area contributed by atoms with Gasteiger partial charge in [-0.25, -0.2) is 0 Å². The molecule has 0 saturated carbocycles. The molecule has 1 atom stereocenters. The lowest BCUT2D eigenvalue weighted by Gasteiger charge is -2.00. The van der Waals surface area contributed by atoms with E-state index in [1.807, 2.05) is 11.3 Å². The maximum atomic E-state index is 2.51. The van der Waals surface area contributed by atoms with Crippen molar-refractivity contribution in [1.82, 2.24) is 0 Å². The lowest BCUT2D eigenvalue weighted by molar-refractivity contribution is -0.664. The lowest BCUT2D eigenvalue weighted by atomic mass is 10.1. The van der Waals surface area contributed by atoms with Gasteiger partial charge >= 0.3 is 0 Å². The van der Waals surface area contributed by atoms with E-state index in [-0.39, 0.29) is 0 Å². The number of fused-ring (bicyclic) bond motifs is 3. The first kappa shape index (κ1) is 11.4. The fourth-order valence-corrected chi connectivity index (χ4v) is 3.90. The van der Waals surface area contributed by atoms with Crippen molar-refractivity contribution in [1.29, 1.82) is 0 Å². The van der Waals surface area contributed by atoms with E-state index in [1.54, 1.807) is 0 Å². The number of hydrogen-bond donors (Lipinski definition) is 0. The summed E-state index contributed by atoms with van der Waals surface area (Å²) in [7, 11) is 0. The molecule has 86 valence electrons. The first-order chi connectivity index (χ1) is 8.31. The summed E-state index contributed by atoms with van der Waals surface area (Å²) in [5.74, 6) is 0. The molecule has 0 spiro atoms. The number of aromatic nitrogens is 1. The number of halogens is 1. The summed E-state index contributed by atoms with van der Waals surface area (Å²) >= 11 is 4.35. The quantitative estimate of drug-likeness (QED) is 0.357. The third-order valence-electron chi connectivity index (χ3n) is 3.06. The molecule has 1 heterocycles. The molecule has 1 unspecified atom stereocenters. The molecule has 0 amide bonds. The maximum Gasteiger partial charge on any atom is 0.226 e. The highest BCUT2D eigenvalue weighted by Gasteiger charge is 2.19.